The fourth-order valence-corrected chi connectivity index (χ4v) is 3.70. The zero-order chi connectivity index (χ0) is 17.5. The summed E-state index contributed by atoms with van der Waals surface area (Å²) in [6.07, 6.45) is 3.17. The van der Waals surface area contributed by atoms with Gasteiger partial charge in [0.25, 0.3) is 0 Å². The maximum atomic E-state index is 13.6. The Hall–Kier alpha value is -2.51. The first-order valence-corrected chi connectivity index (χ1v) is 9.25. The second kappa shape index (κ2) is 8.55. The molecule has 0 radical (unpaired) electrons. The van der Waals surface area contributed by atoms with Crippen LogP contribution in [0, 0.1) is 5.82 Å². The van der Waals surface area contributed by atoms with E-state index in [1.807, 2.05) is 30.3 Å². The molecular formula is C18H14FN3OS2. The molecule has 7 heteroatoms. The van der Waals surface area contributed by atoms with Crippen LogP contribution in [0.4, 0.5) is 9.52 Å². The van der Waals surface area contributed by atoms with Gasteiger partial charge in [0.05, 0.1) is 0 Å². The molecule has 0 spiro atoms. The number of amides is 1. The number of carbonyl (C=O) groups excluding carboxylic acids is 1. The minimum atomic E-state index is -0.273. The lowest BCUT2D eigenvalue weighted by atomic mass is 10.2. The Morgan fingerprint density at radius 3 is 2.68 bits per heavy atom. The zero-order valence-electron chi connectivity index (χ0n) is 13.1. The number of hydrogen-bond acceptors (Lipinski definition) is 5. The van der Waals surface area contributed by atoms with Crippen molar-refractivity contribution in [3.05, 3.63) is 77.6 Å². The van der Waals surface area contributed by atoms with E-state index < -0.39 is 0 Å². The first-order valence-electron chi connectivity index (χ1n) is 7.44. The SMILES string of the molecule is O=C(C=Cc1ccccc1)Nc1nnc(SCc2ccccc2F)s1. The van der Waals surface area contributed by atoms with E-state index >= 15 is 0 Å². The molecule has 0 fully saturated rings. The van der Waals surface area contributed by atoms with Crippen LogP contribution in [-0.4, -0.2) is 16.1 Å². The molecule has 4 nitrogen and oxygen atoms in total. The number of carbonyl (C=O) groups is 1. The molecule has 0 bridgehead atoms. The Kier molecular flexibility index (Phi) is 5.92. The molecule has 1 aromatic heterocycles. The molecule has 1 amide bonds. The Morgan fingerprint density at radius 2 is 1.88 bits per heavy atom. The highest BCUT2D eigenvalue weighted by Crippen LogP contribution is 2.28. The third kappa shape index (κ3) is 5.23. The zero-order valence-corrected chi connectivity index (χ0v) is 14.7. The third-order valence-electron chi connectivity index (χ3n) is 3.17. The molecule has 0 saturated carbocycles. The Bertz CT molecular complexity index is 881. The molecule has 1 heterocycles. The molecule has 0 atom stereocenters. The molecule has 3 aromatic rings. The number of halogens is 1. The summed E-state index contributed by atoms with van der Waals surface area (Å²) < 4.78 is 14.3. The lowest BCUT2D eigenvalue weighted by Crippen LogP contribution is -2.07. The highest BCUT2D eigenvalue weighted by Gasteiger charge is 2.08. The van der Waals surface area contributed by atoms with E-state index in [2.05, 4.69) is 15.5 Å². The highest BCUT2D eigenvalue weighted by atomic mass is 32.2. The van der Waals surface area contributed by atoms with Gasteiger partial charge in [-0.2, -0.15) is 0 Å². The van der Waals surface area contributed by atoms with Crippen molar-refractivity contribution in [2.45, 2.75) is 10.1 Å². The number of benzene rings is 2. The van der Waals surface area contributed by atoms with Crippen LogP contribution in [0.2, 0.25) is 0 Å². The predicted molar refractivity (Wildman–Crippen MR) is 100.0 cm³/mol. The fraction of sp³-hybridized carbons (Fsp3) is 0.0556. The first kappa shape index (κ1) is 17.3. The maximum absolute atomic E-state index is 13.6. The molecule has 2 aromatic carbocycles. The van der Waals surface area contributed by atoms with E-state index in [0.717, 1.165) is 5.56 Å². The molecule has 25 heavy (non-hydrogen) atoms. The smallest absolute Gasteiger partial charge is 0.250 e. The topological polar surface area (TPSA) is 54.9 Å². The van der Waals surface area contributed by atoms with Crippen molar-refractivity contribution in [1.82, 2.24) is 10.2 Å². The van der Waals surface area contributed by atoms with Gasteiger partial charge >= 0.3 is 0 Å². The van der Waals surface area contributed by atoms with Gasteiger partial charge in [-0.25, -0.2) is 4.39 Å². The molecule has 0 saturated heterocycles. The number of hydrogen-bond donors (Lipinski definition) is 1. The lowest BCUT2D eigenvalue weighted by molar-refractivity contribution is -0.111. The minimum Gasteiger partial charge on any atom is -0.297 e. The summed E-state index contributed by atoms with van der Waals surface area (Å²) in [5.74, 6) is -0.0480. The second-order valence-corrected chi connectivity index (χ2v) is 7.19. The largest absolute Gasteiger partial charge is 0.297 e. The fourth-order valence-electron chi connectivity index (χ4n) is 1.96. The van der Waals surface area contributed by atoms with Crippen molar-refractivity contribution in [3.8, 4) is 0 Å². The minimum absolute atomic E-state index is 0.237. The summed E-state index contributed by atoms with van der Waals surface area (Å²) in [6, 6.07) is 16.2. The van der Waals surface area contributed by atoms with Crippen LogP contribution in [-0.2, 0) is 10.5 Å². The normalized spacial score (nSPS) is 10.9. The van der Waals surface area contributed by atoms with E-state index in [0.29, 0.717) is 20.8 Å². The van der Waals surface area contributed by atoms with Crippen molar-refractivity contribution in [2.24, 2.45) is 0 Å². The van der Waals surface area contributed by atoms with Crippen molar-refractivity contribution in [3.63, 3.8) is 0 Å². The van der Waals surface area contributed by atoms with Crippen molar-refractivity contribution >= 4 is 40.2 Å². The quantitative estimate of drug-likeness (QED) is 0.390. The molecular weight excluding hydrogens is 357 g/mol. The van der Waals surface area contributed by atoms with Crippen LogP contribution < -0.4 is 5.32 Å². The van der Waals surface area contributed by atoms with Crippen molar-refractivity contribution < 1.29 is 9.18 Å². The summed E-state index contributed by atoms with van der Waals surface area (Å²) in [7, 11) is 0. The standard InChI is InChI=1S/C18H14FN3OS2/c19-15-9-5-4-8-14(15)12-24-18-22-21-17(25-18)20-16(23)11-10-13-6-2-1-3-7-13/h1-11H,12H2,(H,20,21,23). The summed E-state index contributed by atoms with van der Waals surface area (Å²) in [5, 5.41) is 11.0. The van der Waals surface area contributed by atoms with Crippen LogP contribution in [0.1, 0.15) is 11.1 Å². The Morgan fingerprint density at radius 1 is 1.12 bits per heavy atom. The van der Waals surface area contributed by atoms with Crippen LogP contribution in [0.15, 0.2) is 65.0 Å². The van der Waals surface area contributed by atoms with Gasteiger partial charge in [0, 0.05) is 11.8 Å². The van der Waals surface area contributed by atoms with Crippen LogP contribution in [0.5, 0.6) is 0 Å². The van der Waals surface area contributed by atoms with Gasteiger partial charge in [0.15, 0.2) is 4.34 Å². The number of thioether (sulfide) groups is 1. The molecule has 0 aliphatic carbocycles. The number of aromatic nitrogens is 2. The molecule has 0 aliphatic heterocycles. The summed E-state index contributed by atoms with van der Waals surface area (Å²) in [6.45, 7) is 0. The van der Waals surface area contributed by atoms with E-state index in [4.69, 9.17) is 0 Å². The van der Waals surface area contributed by atoms with Gasteiger partial charge in [0.1, 0.15) is 5.82 Å². The Labute approximate surface area is 152 Å². The number of nitrogens with one attached hydrogen (secondary N) is 1. The summed E-state index contributed by atoms with van der Waals surface area (Å²) in [4.78, 5) is 11.9. The van der Waals surface area contributed by atoms with Crippen LogP contribution in [0.3, 0.4) is 0 Å². The molecule has 1 N–H and O–H groups in total. The first-order chi connectivity index (χ1) is 12.2. The highest BCUT2D eigenvalue weighted by molar-refractivity contribution is 8.00. The number of rotatable bonds is 6. The maximum Gasteiger partial charge on any atom is 0.250 e. The lowest BCUT2D eigenvalue weighted by Gasteiger charge is -1.99. The van der Waals surface area contributed by atoms with Crippen LogP contribution >= 0.6 is 23.1 Å². The summed E-state index contributed by atoms with van der Waals surface area (Å²) >= 11 is 2.64. The van der Waals surface area contributed by atoms with Crippen molar-refractivity contribution in [1.29, 1.82) is 0 Å². The summed E-state index contributed by atoms with van der Waals surface area (Å²) in [5.41, 5.74) is 1.55. The van der Waals surface area contributed by atoms with Gasteiger partial charge in [-0.1, -0.05) is 71.6 Å². The number of anilines is 1. The van der Waals surface area contributed by atoms with Gasteiger partial charge < -0.3 is 0 Å². The predicted octanol–water partition coefficient (Wildman–Crippen LogP) is 4.62. The molecule has 3 rings (SSSR count). The van der Waals surface area contributed by atoms with Gasteiger partial charge in [-0.05, 0) is 23.3 Å². The monoisotopic (exact) mass is 371 g/mol. The number of nitrogens with zero attached hydrogens (tertiary/aromatic N) is 2. The molecule has 0 aliphatic rings. The van der Waals surface area contributed by atoms with E-state index in [1.165, 1.54) is 35.2 Å². The van der Waals surface area contributed by atoms with Crippen molar-refractivity contribution in [2.75, 3.05) is 5.32 Å². The van der Waals surface area contributed by atoms with E-state index in [-0.39, 0.29) is 11.7 Å². The van der Waals surface area contributed by atoms with Crippen LogP contribution in [0.25, 0.3) is 6.08 Å². The molecule has 0 unspecified atom stereocenters. The van der Waals surface area contributed by atoms with Gasteiger partial charge in [0.2, 0.25) is 11.0 Å². The second-order valence-electron chi connectivity index (χ2n) is 4.99. The Balaban J connectivity index is 1.54. The third-order valence-corrected chi connectivity index (χ3v) is 5.19. The van der Waals surface area contributed by atoms with E-state index in [9.17, 15) is 9.18 Å². The average molecular weight is 371 g/mol. The molecule has 126 valence electrons. The van der Waals surface area contributed by atoms with E-state index in [1.54, 1.807) is 24.3 Å². The average Bonchev–Trinajstić information content (AvgIpc) is 3.07. The van der Waals surface area contributed by atoms with Gasteiger partial charge in [-0.3, -0.25) is 10.1 Å². The van der Waals surface area contributed by atoms with Gasteiger partial charge in [-0.15, -0.1) is 10.2 Å².